The lowest BCUT2D eigenvalue weighted by Gasteiger charge is -2.54. The first kappa shape index (κ1) is 27.5. The second kappa shape index (κ2) is 12.1. The van der Waals surface area contributed by atoms with E-state index >= 15 is 0 Å². The van der Waals surface area contributed by atoms with Gasteiger partial charge in [0.05, 0.1) is 0 Å². The van der Waals surface area contributed by atoms with Gasteiger partial charge in [0.2, 0.25) is 0 Å². The maximum Gasteiger partial charge on any atom is 0.0407 e. The molecule has 1 aliphatic carbocycles. The molecule has 2 saturated heterocycles. The number of pyridine rings is 1. The molecule has 0 radical (unpaired) electrons. The summed E-state index contributed by atoms with van der Waals surface area (Å²) in [5, 5.41) is 0. The van der Waals surface area contributed by atoms with Crippen LogP contribution >= 0.6 is 11.8 Å². The fourth-order valence-electron chi connectivity index (χ4n) is 8.72. The molecule has 4 aliphatic rings. The molecule has 3 fully saturated rings. The zero-order valence-electron chi connectivity index (χ0n) is 24.8. The quantitative estimate of drug-likeness (QED) is 0.284. The highest BCUT2D eigenvalue weighted by atomic mass is 32.2. The molecule has 2 aromatic carbocycles. The molecule has 0 spiro atoms. The van der Waals surface area contributed by atoms with Crippen molar-refractivity contribution in [1.29, 1.82) is 0 Å². The van der Waals surface area contributed by atoms with Crippen LogP contribution in [0.25, 0.3) is 0 Å². The Bertz CT molecular complexity index is 1280. The number of benzene rings is 2. The lowest BCUT2D eigenvalue weighted by molar-refractivity contribution is 0.0359. The SMILES string of the molecule is CCN1Cc2ccccc2C(C2CCCC2)(C2CCN(CC3CN(c4ccc(Sc5cccnc5)cc4)C3)CC2)C1. The normalized spacial score (nSPS) is 24.9. The molecular formula is C36H46N4S. The van der Waals surface area contributed by atoms with Crippen LogP contribution in [0.4, 0.5) is 5.69 Å². The van der Waals surface area contributed by atoms with E-state index in [9.17, 15) is 0 Å². The molecular weight excluding hydrogens is 520 g/mol. The van der Waals surface area contributed by atoms with Crippen molar-refractivity contribution in [2.24, 2.45) is 17.8 Å². The van der Waals surface area contributed by atoms with Gasteiger partial charge in [-0.1, -0.05) is 55.8 Å². The second-order valence-corrected chi connectivity index (χ2v) is 14.3. The Labute approximate surface area is 251 Å². The van der Waals surface area contributed by atoms with Crippen LogP contribution in [0.2, 0.25) is 0 Å². The van der Waals surface area contributed by atoms with Crippen LogP contribution in [-0.4, -0.2) is 60.6 Å². The van der Waals surface area contributed by atoms with Gasteiger partial charge in [0, 0.05) is 71.9 Å². The summed E-state index contributed by atoms with van der Waals surface area (Å²) in [5.41, 5.74) is 5.08. The van der Waals surface area contributed by atoms with Crippen LogP contribution in [0.3, 0.4) is 0 Å². The first-order chi connectivity index (χ1) is 20.2. The van der Waals surface area contributed by atoms with Gasteiger partial charge in [-0.2, -0.15) is 0 Å². The maximum atomic E-state index is 4.23. The van der Waals surface area contributed by atoms with Crippen LogP contribution < -0.4 is 4.90 Å². The number of piperidine rings is 1. The average Bonchev–Trinajstić information content (AvgIpc) is 3.55. The van der Waals surface area contributed by atoms with Crippen LogP contribution in [0.5, 0.6) is 0 Å². The fraction of sp³-hybridized carbons (Fsp3) is 0.528. The van der Waals surface area contributed by atoms with Gasteiger partial charge in [0.25, 0.3) is 0 Å². The number of anilines is 1. The van der Waals surface area contributed by atoms with Gasteiger partial charge in [0.15, 0.2) is 0 Å². The highest BCUT2D eigenvalue weighted by Crippen LogP contribution is 2.53. The average molecular weight is 567 g/mol. The Balaban J connectivity index is 0.957. The largest absolute Gasteiger partial charge is 0.371 e. The summed E-state index contributed by atoms with van der Waals surface area (Å²) < 4.78 is 0. The number of hydrogen-bond donors (Lipinski definition) is 0. The molecule has 5 heteroatoms. The van der Waals surface area contributed by atoms with Crippen LogP contribution in [0.1, 0.15) is 56.6 Å². The third kappa shape index (κ3) is 5.58. The summed E-state index contributed by atoms with van der Waals surface area (Å²) in [4.78, 5) is 14.8. The molecule has 3 aliphatic heterocycles. The molecule has 7 rings (SSSR count). The summed E-state index contributed by atoms with van der Waals surface area (Å²) in [5.74, 6) is 2.48. The van der Waals surface area contributed by atoms with E-state index < -0.39 is 0 Å². The first-order valence-electron chi connectivity index (χ1n) is 16.2. The van der Waals surface area contributed by atoms with E-state index in [0.29, 0.717) is 5.41 Å². The van der Waals surface area contributed by atoms with Gasteiger partial charge < -0.3 is 9.80 Å². The number of nitrogens with zero attached hydrogens (tertiary/aromatic N) is 4. The third-order valence-corrected chi connectivity index (χ3v) is 11.8. The monoisotopic (exact) mass is 566 g/mol. The van der Waals surface area contributed by atoms with E-state index in [1.807, 2.05) is 18.5 Å². The van der Waals surface area contributed by atoms with Gasteiger partial charge in [-0.05, 0) is 105 Å². The zero-order valence-corrected chi connectivity index (χ0v) is 25.6. The lowest BCUT2D eigenvalue weighted by atomic mass is 9.57. The summed E-state index contributed by atoms with van der Waals surface area (Å²) in [6.07, 6.45) is 12.2. The minimum atomic E-state index is 0.363. The Morgan fingerprint density at radius 3 is 2.32 bits per heavy atom. The third-order valence-electron chi connectivity index (χ3n) is 10.8. The highest BCUT2D eigenvalue weighted by Gasteiger charge is 2.51. The first-order valence-corrected chi connectivity index (χ1v) is 17.0. The molecule has 3 aromatic rings. The van der Waals surface area contributed by atoms with Crippen molar-refractivity contribution < 1.29 is 0 Å². The van der Waals surface area contributed by atoms with Crippen LogP contribution in [0.15, 0.2) is 82.8 Å². The molecule has 1 unspecified atom stereocenters. The van der Waals surface area contributed by atoms with E-state index in [0.717, 1.165) is 24.3 Å². The van der Waals surface area contributed by atoms with Gasteiger partial charge in [-0.3, -0.25) is 9.88 Å². The molecule has 0 N–H and O–H groups in total. The second-order valence-electron chi connectivity index (χ2n) is 13.1. The summed E-state index contributed by atoms with van der Waals surface area (Å²) in [6, 6.07) is 22.8. The van der Waals surface area contributed by atoms with E-state index in [4.69, 9.17) is 0 Å². The Morgan fingerprint density at radius 1 is 0.829 bits per heavy atom. The van der Waals surface area contributed by atoms with Crippen LogP contribution in [0, 0.1) is 17.8 Å². The number of fused-ring (bicyclic) bond motifs is 1. The number of rotatable bonds is 8. The molecule has 41 heavy (non-hydrogen) atoms. The van der Waals surface area contributed by atoms with Crippen molar-refractivity contribution >= 4 is 17.4 Å². The minimum absolute atomic E-state index is 0.363. The van der Waals surface area contributed by atoms with Crippen LogP contribution in [-0.2, 0) is 12.0 Å². The van der Waals surface area contributed by atoms with Gasteiger partial charge in [0.1, 0.15) is 0 Å². The zero-order chi connectivity index (χ0) is 27.6. The van der Waals surface area contributed by atoms with Crippen molar-refractivity contribution in [3.05, 3.63) is 84.2 Å². The maximum absolute atomic E-state index is 4.23. The fourth-order valence-corrected chi connectivity index (χ4v) is 9.53. The summed E-state index contributed by atoms with van der Waals surface area (Å²) >= 11 is 1.78. The molecule has 4 heterocycles. The molecule has 216 valence electrons. The minimum Gasteiger partial charge on any atom is -0.371 e. The smallest absolute Gasteiger partial charge is 0.0407 e. The van der Waals surface area contributed by atoms with E-state index in [1.54, 1.807) is 22.9 Å². The van der Waals surface area contributed by atoms with Gasteiger partial charge >= 0.3 is 0 Å². The van der Waals surface area contributed by atoms with Crippen molar-refractivity contribution in [3.63, 3.8) is 0 Å². The van der Waals surface area contributed by atoms with Gasteiger partial charge in [-0.15, -0.1) is 0 Å². The number of hydrogen-bond acceptors (Lipinski definition) is 5. The molecule has 1 aromatic heterocycles. The lowest BCUT2D eigenvalue weighted by Crippen LogP contribution is -2.57. The summed E-state index contributed by atoms with van der Waals surface area (Å²) in [7, 11) is 0. The van der Waals surface area contributed by atoms with E-state index in [1.165, 1.54) is 99.8 Å². The molecule has 0 amide bonds. The molecule has 1 saturated carbocycles. The number of likely N-dealkylation sites (N-methyl/N-ethyl adjacent to an activating group) is 1. The predicted octanol–water partition coefficient (Wildman–Crippen LogP) is 7.34. The van der Waals surface area contributed by atoms with Crippen molar-refractivity contribution in [3.8, 4) is 0 Å². The Morgan fingerprint density at radius 2 is 1.59 bits per heavy atom. The van der Waals surface area contributed by atoms with E-state index in [2.05, 4.69) is 81.2 Å². The van der Waals surface area contributed by atoms with E-state index in [-0.39, 0.29) is 0 Å². The number of likely N-dealkylation sites (tertiary alicyclic amines) is 1. The molecule has 0 bridgehead atoms. The Kier molecular flexibility index (Phi) is 8.12. The van der Waals surface area contributed by atoms with Crippen molar-refractivity contribution in [1.82, 2.24) is 14.8 Å². The standard InChI is InChI=1S/C36H46N4S/c1-2-38-26-29-8-3-6-12-35(29)36(27-38,30-9-4-5-10-30)31-17-20-39(21-18-31)23-28-24-40(25-28)32-13-15-33(16-14-32)41-34-11-7-19-37-22-34/h3,6-8,11-16,19,22,28,30-31H,2,4-5,9-10,17-18,20-21,23-27H2,1H3. The van der Waals surface area contributed by atoms with Crippen molar-refractivity contribution in [2.75, 3.05) is 50.7 Å². The Hall–Kier alpha value is -2.34. The molecule has 1 atom stereocenters. The topological polar surface area (TPSA) is 22.6 Å². The predicted molar refractivity (Wildman–Crippen MR) is 171 cm³/mol. The number of aromatic nitrogens is 1. The van der Waals surface area contributed by atoms with Crippen molar-refractivity contribution in [2.45, 2.75) is 67.2 Å². The highest BCUT2D eigenvalue weighted by molar-refractivity contribution is 7.99. The summed E-state index contributed by atoms with van der Waals surface area (Å²) in [6.45, 7) is 12.2. The van der Waals surface area contributed by atoms with Gasteiger partial charge in [-0.25, -0.2) is 0 Å². The molecule has 4 nitrogen and oxygen atoms in total.